The van der Waals surface area contributed by atoms with Crippen molar-refractivity contribution in [1.82, 2.24) is 5.32 Å². The zero-order chi connectivity index (χ0) is 13.3. The van der Waals surface area contributed by atoms with Crippen molar-refractivity contribution in [1.29, 1.82) is 0 Å². The highest BCUT2D eigenvalue weighted by molar-refractivity contribution is 4.92. The van der Waals surface area contributed by atoms with Gasteiger partial charge in [0.05, 0.1) is 0 Å². The van der Waals surface area contributed by atoms with E-state index in [9.17, 15) is 0 Å². The quantitative estimate of drug-likeness (QED) is 0.457. The molecule has 1 heteroatoms. The Bertz CT molecular complexity index is 184. The summed E-state index contributed by atoms with van der Waals surface area (Å²) in [6.45, 7) is 7.07. The Hall–Kier alpha value is -0.0400. The molecule has 0 radical (unpaired) electrons. The smallest absolute Gasteiger partial charge is 0.0155 e. The molecule has 0 bridgehead atoms. The van der Waals surface area contributed by atoms with E-state index in [2.05, 4.69) is 26.1 Å². The lowest BCUT2D eigenvalue weighted by atomic mass is 9.88. The molecular weight excluding hydrogens is 218 g/mol. The van der Waals surface area contributed by atoms with Gasteiger partial charge in [0, 0.05) is 11.6 Å². The monoisotopic (exact) mass is 253 g/mol. The molecule has 0 atom stereocenters. The molecule has 0 spiro atoms. The Balaban J connectivity index is 2.21. The number of nitrogens with one attached hydrogen (secondary N) is 1. The van der Waals surface area contributed by atoms with Crippen molar-refractivity contribution in [3.63, 3.8) is 0 Å². The van der Waals surface area contributed by atoms with Gasteiger partial charge < -0.3 is 5.32 Å². The molecule has 1 saturated carbocycles. The van der Waals surface area contributed by atoms with Gasteiger partial charge in [0.15, 0.2) is 0 Å². The second-order valence-electron chi connectivity index (χ2n) is 6.60. The van der Waals surface area contributed by atoms with E-state index in [0.29, 0.717) is 5.54 Å². The summed E-state index contributed by atoms with van der Waals surface area (Å²) >= 11 is 0. The van der Waals surface area contributed by atoms with E-state index in [4.69, 9.17) is 0 Å². The molecule has 0 aliphatic heterocycles. The lowest BCUT2D eigenvalue weighted by molar-refractivity contribution is 0.284. The minimum atomic E-state index is 0.433. The van der Waals surface area contributed by atoms with Crippen LogP contribution in [0.15, 0.2) is 0 Å². The maximum atomic E-state index is 3.92. The maximum Gasteiger partial charge on any atom is 0.0155 e. The van der Waals surface area contributed by atoms with Crippen LogP contribution >= 0.6 is 0 Å². The Morgan fingerprint density at radius 1 is 0.833 bits per heavy atom. The van der Waals surface area contributed by atoms with Crippen molar-refractivity contribution in [2.24, 2.45) is 0 Å². The molecule has 0 aromatic rings. The summed E-state index contributed by atoms with van der Waals surface area (Å²) in [7, 11) is 0. The van der Waals surface area contributed by atoms with E-state index < -0.39 is 0 Å². The maximum absolute atomic E-state index is 3.92. The Morgan fingerprint density at radius 3 is 1.72 bits per heavy atom. The summed E-state index contributed by atoms with van der Waals surface area (Å²) in [5.41, 5.74) is 0.433. The molecular formula is C17H35N. The summed E-state index contributed by atoms with van der Waals surface area (Å²) in [6.07, 6.45) is 16.8. The van der Waals surface area contributed by atoms with Gasteiger partial charge in [-0.3, -0.25) is 0 Å². The standard InChI is InChI=1S/C17H35N/c1-4-6-8-10-14-17(3,18-16-12-13-16)15-11-9-7-5-2/h16,18H,4-15H2,1-3H3. The van der Waals surface area contributed by atoms with Crippen molar-refractivity contribution in [3.05, 3.63) is 0 Å². The molecule has 1 fully saturated rings. The van der Waals surface area contributed by atoms with Gasteiger partial charge in [-0.15, -0.1) is 0 Å². The highest BCUT2D eigenvalue weighted by Crippen LogP contribution is 2.29. The zero-order valence-electron chi connectivity index (χ0n) is 13.1. The average molecular weight is 253 g/mol. The summed E-state index contributed by atoms with van der Waals surface area (Å²) in [4.78, 5) is 0. The summed E-state index contributed by atoms with van der Waals surface area (Å²) in [6, 6.07) is 0.854. The number of unbranched alkanes of at least 4 members (excludes halogenated alkanes) is 6. The second-order valence-corrected chi connectivity index (χ2v) is 6.60. The van der Waals surface area contributed by atoms with Crippen LogP contribution in [0, 0.1) is 0 Å². The predicted molar refractivity (Wildman–Crippen MR) is 82.1 cm³/mol. The van der Waals surface area contributed by atoms with Crippen LogP contribution in [-0.4, -0.2) is 11.6 Å². The van der Waals surface area contributed by atoms with Gasteiger partial charge in [0.25, 0.3) is 0 Å². The van der Waals surface area contributed by atoms with Gasteiger partial charge in [-0.05, 0) is 32.6 Å². The number of hydrogen-bond donors (Lipinski definition) is 1. The second kappa shape index (κ2) is 8.96. The van der Waals surface area contributed by atoms with E-state index in [1.54, 1.807) is 0 Å². The van der Waals surface area contributed by atoms with Crippen LogP contribution in [-0.2, 0) is 0 Å². The van der Waals surface area contributed by atoms with E-state index >= 15 is 0 Å². The molecule has 1 rings (SSSR count). The SMILES string of the molecule is CCCCCCC(C)(CCCCCC)NC1CC1. The Labute approximate surface area is 115 Å². The predicted octanol–water partition coefficient (Wildman–Crippen LogP) is 5.44. The fraction of sp³-hybridized carbons (Fsp3) is 1.00. The normalized spacial score (nSPS) is 16.2. The molecule has 0 saturated heterocycles. The van der Waals surface area contributed by atoms with Crippen molar-refractivity contribution < 1.29 is 0 Å². The molecule has 108 valence electrons. The van der Waals surface area contributed by atoms with E-state index in [-0.39, 0.29) is 0 Å². The fourth-order valence-corrected chi connectivity index (χ4v) is 2.87. The largest absolute Gasteiger partial charge is 0.309 e. The Kier molecular flexibility index (Phi) is 7.97. The molecule has 1 aliphatic rings. The first-order valence-electron chi connectivity index (χ1n) is 8.48. The van der Waals surface area contributed by atoms with Gasteiger partial charge >= 0.3 is 0 Å². The third-order valence-corrected chi connectivity index (χ3v) is 4.29. The first-order valence-corrected chi connectivity index (χ1v) is 8.48. The molecule has 1 N–H and O–H groups in total. The molecule has 1 nitrogen and oxygen atoms in total. The van der Waals surface area contributed by atoms with Crippen molar-refractivity contribution in [3.8, 4) is 0 Å². The van der Waals surface area contributed by atoms with Crippen LogP contribution < -0.4 is 5.32 Å². The average Bonchev–Trinajstić information content (AvgIpc) is 3.14. The third-order valence-electron chi connectivity index (χ3n) is 4.29. The van der Waals surface area contributed by atoms with Crippen molar-refractivity contribution in [2.45, 2.75) is 109 Å². The first kappa shape index (κ1) is 16.0. The van der Waals surface area contributed by atoms with Gasteiger partial charge in [-0.25, -0.2) is 0 Å². The van der Waals surface area contributed by atoms with Crippen molar-refractivity contribution in [2.75, 3.05) is 0 Å². The minimum absolute atomic E-state index is 0.433. The molecule has 0 aromatic heterocycles. The van der Waals surface area contributed by atoms with E-state index in [1.165, 1.54) is 77.0 Å². The lowest BCUT2D eigenvalue weighted by Crippen LogP contribution is -2.43. The van der Waals surface area contributed by atoms with Crippen LogP contribution in [0.3, 0.4) is 0 Å². The molecule has 0 unspecified atom stereocenters. The summed E-state index contributed by atoms with van der Waals surface area (Å²) in [5.74, 6) is 0. The highest BCUT2D eigenvalue weighted by Gasteiger charge is 2.31. The number of hydrogen-bond acceptors (Lipinski definition) is 1. The van der Waals surface area contributed by atoms with E-state index in [1.807, 2.05) is 0 Å². The van der Waals surface area contributed by atoms with Gasteiger partial charge in [-0.1, -0.05) is 65.2 Å². The van der Waals surface area contributed by atoms with Crippen molar-refractivity contribution >= 4 is 0 Å². The highest BCUT2D eigenvalue weighted by atomic mass is 15.0. The summed E-state index contributed by atoms with van der Waals surface area (Å²) < 4.78 is 0. The van der Waals surface area contributed by atoms with Crippen LogP contribution in [0.4, 0.5) is 0 Å². The van der Waals surface area contributed by atoms with Crippen LogP contribution in [0.1, 0.15) is 97.8 Å². The minimum Gasteiger partial charge on any atom is -0.309 e. The van der Waals surface area contributed by atoms with Gasteiger partial charge in [-0.2, -0.15) is 0 Å². The molecule has 1 aliphatic carbocycles. The van der Waals surface area contributed by atoms with Gasteiger partial charge in [0.1, 0.15) is 0 Å². The third kappa shape index (κ3) is 7.41. The van der Waals surface area contributed by atoms with Crippen LogP contribution in [0.25, 0.3) is 0 Å². The molecule has 0 amide bonds. The lowest BCUT2D eigenvalue weighted by Gasteiger charge is -2.31. The first-order chi connectivity index (χ1) is 8.70. The zero-order valence-corrected chi connectivity index (χ0v) is 13.1. The van der Waals surface area contributed by atoms with E-state index in [0.717, 1.165) is 6.04 Å². The van der Waals surface area contributed by atoms with Crippen LogP contribution in [0.2, 0.25) is 0 Å². The van der Waals surface area contributed by atoms with Gasteiger partial charge in [0.2, 0.25) is 0 Å². The van der Waals surface area contributed by atoms with Crippen LogP contribution in [0.5, 0.6) is 0 Å². The molecule has 18 heavy (non-hydrogen) atoms. The number of rotatable bonds is 12. The fourth-order valence-electron chi connectivity index (χ4n) is 2.87. The molecule has 0 aromatic carbocycles. The molecule has 0 heterocycles. The summed E-state index contributed by atoms with van der Waals surface area (Å²) in [5, 5.41) is 3.92. The topological polar surface area (TPSA) is 12.0 Å². The Morgan fingerprint density at radius 2 is 1.33 bits per heavy atom.